The Balaban J connectivity index is 1.11. The van der Waals surface area contributed by atoms with Crippen molar-refractivity contribution in [3.8, 4) is 34.2 Å². The van der Waals surface area contributed by atoms with Gasteiger partial charge in [0.25, 0.3) is 5.91 Å². The molecule has 1 N–H and O–H groups in total. The zero-order valence-electron chi connectivity index (χ0n) is 21.9. The van der Waals surface area contributed by atoms with Gasteiger partial charge in [-0.1, -0.05) is 48.5 Å². The summed E-state index contributed by atoms with van der Waals surface area (Å²) in [6, 6.07) is 35.2. The Morgan fingerprint density at radius 1 is 0.900 bits per heavy atom. The second kappa shape index (κ2) is 11.2. The van der Waals surface area contributed by atoms with Gasteiger partial charge in [-0.2, -0.15) is 5.10 Å². The van der Waals surface area contributed by atoms with Gasteiger partial charge in [-0.15, -0.1) is 0 Å². The molecule has 0 spiro atoms. The minimum Gasteiger partial charge on any atom is -0.488 e. The van der Waals surface area contributed by atoms with Crippen LogP contribution in [0.25, 0.3) is 16.9 Å². The second-order valence-electron chi connectivity index (χ2n) is 9.32. The molecule has 0 aliphatic carbocycles. The fourth-order valence-corrected chi connectivity index (χ4v) is 4.61. The number of carbonyl (C=O) groups is 1. The van der Waals surface area contributed by atoms with Crippen LogP contribution in [0.2, 0.25) is 0 Å². The van der Waals surface area contributed by atoms with Gasteiger partial charge in [0.1, 0.15) is 12.4 Å². The van der Waals surface area contributed by atoms with Crippen LogP contribution in [0.5, 0.6) is 17.2 Å². The third-order valence-electron chi connectivity index (χ3n) is 6.65. The molecule has 0 saturated heterocycles. The predicted octanol–water partition coefficient (Wildman–Crippen LogP) is 6.52. The summed E-state index contributed by atoms with van der Waals surface area (Å²) >= 11 is 0. The number of hydrogen-bond donors (Lipinski definition) is 1. The molecule has 1 aliphatic heterocycles. The van der Waals surface area contributed by atoms with Crippen LogP contribution in [0.4, 0.5) is 0 Å². The molecule has 0 atom stereocenters. The average molecular weight is 530 g/mol. The van der Waals surface area contributed by atoms with Gasteiger partial charge in [0.15, 0.2) is 11.5 Å². The van der Waals surface area contributed by atoms with E-state index in [1.807, 2.05) is 72.8 Å². The van der Waals surface area contributed by atoms with Gasteiger partial charge in [-0.05, 0) is 78.7 Å². The number of fused-ring (bicyclic) bond motifs is 1. The molecule has 0 unspecified atom stereocenters. The molecule has 7 nitrogen and oxygen atoms in total. The van der Waals surface area contributed by atoms with Gasteiger partial charge in [0.05, 0.1) is 11.9 Å². The minimum absolute atomic E-state index is 0.233. The standard InChI is InChI=1S/C33H27N3O4/c1-23-11-17-29(25-7-3-2-4-8-25)36(23)28-15-13-26(14-16-28)33(37)35-34-20-27-9-5-6-10-30(27)38-21-24-12-18-31-32(19-24)40-22-39-31/h2-20H,21-22H2,1H3,(H,35,37)/b34-20+. The molecule has 0 radical (unpaired) electrons. The Morgan fingerprint density at radius 2 is 1.68 bits per heavy atom. The van der Waals surface area contributed by atoms with Gasteiger partial charge in [-0.3, -0.25) is 4.79 Å². The maximum atomic E-state index is 12.8. The third-order valence-corrected chi connectivity index (χ3v) is 6.65. The number of hydrogen-bond acceptors (Lipinski definition) is 5. The number of amides is 1. The van der Waals surface area contributed by atoms with Crippen molar-refractivity contribution >= 4 is 12.1 Å². The van der Waals surface area contributed by atoms with Gasteiger partial charge >= 0.3 is 0 Å². The topological polar surface area (TPSA) is 74.1 Å². The first-order valence-corrected chi connectivity index (χ1v) is 12.9. The van der Waals surface area contributed by atoms with Crippen LogP contribution in [0.15, 0.2) is 114 Å². The van der Waals surface area contributed by atoms with E-state index in [1.165, 1.54) is 0 Å². The largest absolute Gasteiger partial charge is 0.488 e. The lowest BCUT2D eigenvalue weighted by Gasteiger charge is -2.13. The molecule has 1 aliphatic rings. The quantitative estimate of drug-likeness (QED) is 0.183. The number of hydrazone groups is 1. The Bertz CT molecular complexity index is 1670. The first-order chi connectivity index (χ1) is 19.7. The molecule has 5 aromatic rings. The van der Waals surface area contributed by atoms with Gasteiger partial charge in [-0.25, -0.2) is 5.43 Å². The minimum atomic E-state index is -0.297. The van der Waals surface area contributed by atoms with Crippen molar-refractivity contribution in [3.05, 3.63) is 132 Å². The molecule has 1 amide bonds. The molecular formula is C33H27N3O4. The van der Waals surface area contributed by atoms with Gasteiger partial charge in [0, 0.05) is 22.5 Å². The van der Waals surface area contributed by atoms with E-state index in [1.54, 1.807) is 18.3 Å². The Kier molecular flexibility index (Phi) is 7.01. The molecule has 1 aromatic heterocycles. The molecule has 4 aromatic carbocycles. The van der Waals surface area contributed by atoms with Crippen molar-refractivity contribution in [3.63, 3.8) is 0 Å². The Hall–Kier alpha value is -5.30. The third kappa shape index (κ3) is 5.31. The van der Waals surface area contributed by atoms with Crippen LogP contribution in [0, 0.1) is 6.92 Å². The number of nitrogens with zero attached hydrogens (tertiary/aromatic N) is 2. The smallest absolute Gasteiger partial charge is 0.271 e. The Labute approximate surface area is 232 Å². The van der Waals surface area contributed by atoms with E-state index in [0.29, 0.717) is 23.7 Å². The molecule has 40 heavy (non-hydrogen) atoms. The number of ether oxygens (including phenoxy) is 3. The van der Waals surface area contributed by atoms with Crippen LogP contribution < -0.4 is 19.6 Å². The number of carbonyl (C=O) groups excluding carboxylic acids is 1. The molecule has 6 rings (SSSR count). The van der Waals surface area contributed by atoms with Crippen molar-refractivity contribution in [2.24, 2.45) is 5.10 Å². The number of rotatable bonds is 8. The lowest BCUT2D eigenvalue weighted by atomic mass is 10.1. The monoisotopic (exact) mass is 529 g/mol. The van der Waals surface area contributed by atoms with Crippen LogP contribution >= 0.6 is 0 Å². The maximum absolute atomic E-state index is 12.8. The number of aromatic nitrogens is 1. The van der Waals surface area contributed by atoms with E-state index in [9.17, 15) is 4.79 Å². The summed E-state index contributed by atoms with van der Waals surface area (Å²) in [7, 11) is 0. The molecule has 198 valence electrons. The summed E-state index contributed by atoms with van der Waals surface area (Å²) in [5.41, 5.74) is 9.15. The molecule has 2 heterocycles. The fraction of sp³-hybridized carbons (Fsp3) is 0.0909. The average Bonchev–Trinajstić information content (AvgIpc) is 3.63. The van der Waals surface area contributed by atoms with Crippen LogP contribution in [-0.4, -0.2) is 23.5 Å². The lowest BCUT2D eigenvalue weighted by molar-refractivity contribution is 0.0955. The van der Waals surface area contributed by atoms with E-state index in [4.69, 9.17) is 14.2 Å². The number of nitrogens with one attached hydrogen (secondary N) is 1. The number of benzene rings is 4. The number of aryl methyl sites for hydroxylation is 1. The summed E-state index contributed by atoms with van der Waals surface area (Å²) in [6.45, 7) is 2.66. The molecular weight excluding hydrogens is 502 g/mol. The summed E-state index contributed by atoms with van der Waals surface area (Å²) in [4.78, 5) is 12.8. The van der Waals surface area contributed by atoms with Crippen LogP contribution in [-0.2, 0) is 6.61 Å². The second-order valence-corrected chi connectivity index (χ2v) is 9.32. The highest BCUT2D eigenvalue weighted by atomic mass is 16.7. The van der Waals surface area contributed by atoms with E-state index in [-0.39, 0.29) is 12.7 Å². The summed E-state index contributed by atoms with van der Waals surface area (Å²) < 4.78 is 19.0. The zero-order chi connectivity index (χ0) is 27.3. The first-order valence-electron chi connectivity index (χ1n) is 12.9. The molecule has 0 fully saturated rings. The SMILES string of the molecule is Cc1ccc(-c2ccccc2)n1-c1ccc(C(=O)N/N=C/c2ccccc2OCc2ccc3c(c2)OCO3)cc1. The highest BCUT2D eigenvalue weighted by Crippen LogP contribution is 2.33. The van der Waals surface area contributed by atoms with Crippen molar-refractivity contribution in [1.82, 2.24) is 9.99 Å². The summed E-state index contributed by atoms with van der Waals surface area (Å²) in [5.74, 6) is 1.80. The van der Waals surface area contributed by atoms with Crippen molar-refractivity contribution in [2.75, 3.05) is 6.79 Å². The van der Waals surface area contributed by atoms with E-state index < -0.39 is 0 Å². The Morgan fingerprint density at radius 3 is 2.52 bits per heavy atom. The highest BCUT2D eigenvalue weighted by molar-refractivity contribution is 5.95. The maximum Gasteiger partial charge on any atom is 0.271 e. The normalized spacial score (nSPS) is 12.0. The van der Waals surface area contributed by atoms with Gasteiger partial charge in [0.2, 0.25) is 6.79 Å². The van der Waals surface area contributed by atoms with Crippen LogP contribution in [0.1, 0.15) is 27.2 Å². The number of para-hydroxylation sites is 1. The van der Waals surface area contributed by atoms with Crippen molar-refractivity contribution < 1.29 is 19.0 Å². The fourth-order valence-electron chi connectivity index (χ4n) is 4.61. The van der Waals surface area contributed by atoms with E-state index in [2.05, 4.69) is 46.3 Å². The van der Waals surface area contributed by atoms with Crippen molar-refractivity contribution in [1.29, 1.82) is 0 Å². The molecule has 0 bridgehead atoms. The van der Waals surface area contributed by atoms with Gasteiger partial charge < -0.3 is 18.8 Å². The molecule has 0 saturated carbocycles. The summed E-state index contributed by atoms with van der Waals surface area (Å²) in [5, 5.41) is 4.17. The highest BCUT2D eigenvalue weighted by Gasteiger charge is 2.14. The first kappa shape index (κ1) is 25.0. The zero-order valence-corrected chi connectivity index (χ0v) is 21.9. The lowest BCUT2D eigenvalue weighted by Crippen LogP contribution is -2.17. The van der Waals surface area contributed by atoms with E-state index >= 15 is 0 Å². The van der Waals surface area contributed by atoms with Crippen LogP contribution in [0.3, 0.4) is 0 Å². The predicted molar refractivity (Wildman–Crippen MR) is 154 cm³/mol. The van der Waals surface area contributed by atoms with Crippen molar-refractivity contribution in [2.45, 2.75) is 13.5 Å². The van der Waals surface area contributed by atoms with E-state index in [0.717, 1.165) is 39.5 Å². The molecule has 7 heteroatoms. The summed E-state index contributed by atoms with van der Waals surface area (Å²) in [6.07, 6.45) is 1.58.